The zero-order valence-corrected chi connectivity index (χ0v) is 12.5. The maximum Gasteiger partial charge on any atom is 0.442 e. The third-order valence-electron chi connectivity index (χ3n) is 3.77. The summed E-state index contributed by atoms with van der Waals surface area (Å²) in [4.78, 5) is 32.5. The van der Waals surface area contributed by atoms with E-state index in [-0.39, 0.29) is 24.0 Å². The van der Waals surface area contributed by atoms with Crippen LogP contribution in [0.15, 0.2) is 46.0 Å². The van der Waals surface area contributed by atoms with Gasteiger partial charge in [-0.25, -0.2) is 19.3 Å². The third-order valence-corrected chi connectivity index (χ3v) is 3.77. The molecule has 3 heterocycles. The molecule has 0 N–H and O–H groups in total. The fourth-order valence-electron chi connectivity index (χ4n) is 2.58. The quantitative estimate of drug-likeness (QED) is 0.663. The van der Waals surface area contributed by atoms with E-state index >= 15 is 0 Å². The molecule has 120 valence electrons. The normalized spacial score (nSPS) is 12.7. The van der Waals surface area contributed by atoms with Gasteiger partial charge >= 0.3 is 5.76 Å². The number of ether oxygens (including phenoxy) is 1. The van der Waals surface area contributed by atoms with Crippen molar-refractivity contribution in [2.75, 3.05) is 6.61 Å². The number of carbonyl (C=O) groups is 1. The van der Waals surface area contributed by atoms with E-state index in [0.717, 1.165) is 22.3 Å². The topological polar surface area (TPSA) is 100 Å². The van der Waals surface area contributed by atoms with Crippen LogP contribution in [-0.2, 0) is 13.0 Å². The first-order valence-electron chi connectivity index (χ1n) is 7.35. The van der Waals surface area contributed by atoms with Gasteiger partial charge in [0.2, 0.25) is 5.82 Å². The van der Waals surface area contributed by atoms with Crippen LogP contribution in [0.2, 0.25) is 0 Å². The number of hydrogen-bond donors (Lipinski definition) is 0. The molecule has 0 saturated carbocycles. The molecule has 0 fully saturated rings. The second kappa shape index (κ2) is 5.73. The predicted molar refractivity (Wildman–Crippen MR) is 81.8 cm³/mol. The highest BCUT2D eigenvalue weighted by Gasteiger charge is 2.20. The smallest absolute Gasteiger partial charge is 0.442 e. The predicted octanol–water partition coefficient (Wildman–Crippen LogP) is 1.11. The van der Waals surface area contributed by atoms with Gasteiger partial charge in [-0.15, -0.1) is 0 Å². The maximum absolute atomic E-state index is 12.5. The second-order valence-corrected chi connectivity index (χ2v) is 5.27. The molecule has 0 amide bonds. The number of ketones is 1. The highest BCUT2D eigenvalue weighted by Crippen LogP contribution is 2.26. The average molecular weight is 324 g/mol. The first kappa shape index (κ1) is 14.3. The molecule has 24 heavy (non-hydrogen) atoms. The Kier molecular flexibility index (Phi) is 3.42. The third kappa shape index (κ3) is 2.47. The lowest BCUT2D eigenvalue weighted by atomic mass is 10.1. The maximum atomic E-state index is 12.5. The molecular formula is C16H12N4O4. The molecule has 0 bridgehead atoms. The van der Waals surface area contributed by atoms with Crippen LogP contribution in [0.4, 0.5) is 0 Å². The van der Waals surface area contributed by atoms with Crippen LogP contribution in [0.3, 0.4) is 0 Å². The molecular weight excluding hydrogens is 312 g/mol. The summed E-state index contributed by atoms with van der Waals surface area (Å²) in [5, 5.41) is 3.67. The van der Waals surface area contributed by atoms with Crippen LogP contribution in [0.5, 0.6) is 5.75 Å². The first-order valence-corrected chi connectivity index (χ1v) is 7.35. The molecule has 0 saturated heterocycles. The van der Waals surface area contributed by atoms with Crippen molar-refractivity contribution < 1.29 is 14.1 Å². The minimum atomic E-state index is -0.727. The first-order chi connectivity index (χ1) is 11.7. The van der Waals surface area contributed by atoms with E-state index in [4.69, 9.17) is 4.74 Å². The largest absolute Gasteiger partial charge is 0.493 e. The van der Waals surface area contributed by atoms with Crippen molar-refractivity contribution >= 4 is 5.78 Å². The zero-order chi connectivity index (χ0) is 16.5. The Morgan fingerprint density at radius 1 is 1.25 bits per heavy atom. The van der Waals surface area contributed by atoms with Crippen molar-refractivity contribution in [1.29, 1.82) is 0 Å². The minimum absolute atomic E-state index is 0.124. The molecule has 0 unspecified atom stereocenters. The summed E-state index contributed by atoms with van der Waals surface area (Å²) in [6.45, 7) is 0.420. The van der Waals surface area contributed by atoms with Gasteiger partial charge in [-0.1, -0.05) is 5.16 Å². The molecule has 0 atom stereocenters. The van der Waals surface area contributed by atoms with Crippen LogP contribution in [0.1, 0.15) is 15.9 Å². The van der Waals surface area contributed by atoms with E-state index in [1.54, 1.807) is 24.3 Å². The lowest BCUT2D eigenvalue weighted by Crippen LogP contribution is -2.21. The summed E-state index contributed by atoms with van der Waals surface area (Å²) >= 11 is 0. The van der Waals surface area contributed by atoms with Gasteiger partial charge in [0.05, 0.1) is 13.2 Å². The Hall–Kier alpha value is -3.29. The van der Waals surface area contributed by atoms with E-state index in [1.165, 1.54) is 12.4 Å². The summed E-state index contributed by atoms with van der Waals surface area (Å²) in [6.07, 6.45) is 3.81. The number of hydrogen-bond acceptors (Lipinski definition) is 7. The second-order valence-electron chi connectivity index (χ2n) is 5.27. The summed E-state index contributed by atoms with van der Waals surface area (Å²) < 4.78 is 11.2. The summed E-state index contributed by atoms with van der Waals surface area (Å²) in [7, 11) is 0. The summed E-state index contributed by atoms with van der Waals surface area (Å²) in [5.41, 5.74) is 1.50. The van der Waals surface area contributed by atoms with Crippen molar-refractivity contribution in [3.63, 3.8) is 0 Å². The van der Waals surface area contributed by atoms with Crippen molar-refractivity contribution in [2.24, 2.45) is 0 Å². The van der Waals surface area contributed by atoms with Gasteiger partial charge in [0.15, 0.2) is 11.6 Å². The molecule has 0 aliphatic carbocycles. The van der Waals surface area contributed by atoms with E-state index in [9.17, 15) is 9.59 Å². The Labute approximate surface area is 135 Å². The lowest BCUT2D eigenvalue weighted by molar-refractivity contribution is 0.0969. The number of carbonyl (C=O) groups excluding carboxylic acids is 1. The Morgan fingerprint density at radius 3 is 2.92 bits per heavy atom. The van der Waals surface area contributed by atoms with E-state index < -0.39 is 5.76 Å². The number of nitrogens with zero attached hydrogens (tertiary/aromatic N) is 4. The number of fused-ring (bicyclic) bond motifs is 1. The fourth-order valence-corrected chi connectivity index (χ4v) is 2.58. The van der Waals surface area contributed by atoms with Gasteiger partial charge in [-0.05, 0) is 29.8 Å². The van der Waals surface area contributed by atoms with Gasteiger partial charge in [-0.2, -0.15) is 0 Å². The van der Waals surface area contributed by atoms with E-state index in [2.05, 4.69) is 19.6 Å². The molecule has 8 nitrogen and oxygen atoms in total. The van der Waals surface area contributed by atoms with Gasteiger partial charge < -0.3 is 4.74 Å². The summed E-state index contributed by atoms with van der Waals surface area (Å²) in [5.74, 6) is 0.187. The van der Waals surface area contributed by atoms with Crippen molar-refractivity contribution in [1.82, 2.24) is 19.7 Å². The average Bonchev–Trinajstić information content (AvgIpc) is 3.22. The zero-order valence-electron chi connectivity index (χ0n) is 12.5. The Bertz CT molecular complexity index is 962. The molecule has 1 aromatic carbocycles. The molecule has 1 aliphatic heterocycles. The number of aromatic nitrogens is 4. The lowest BCUT2D eigenvalue weighted by Gasteiger charge is -2.05. The van der Waals surface area contributed by atoms with Crippen molar-refractivity contribution in [2.45, 2.75) is 13.0 Å². The van der Waals surface area contributed by atoms with Crippen LogP contribution in [-0.4, -0.2) is 32.1 Å². The molecule has 0 radical (unpaired) electrons. The van der Waals surface area contributed by atoms with E-state index in [1.807, 2.05) is 0 Å². The highest BCUT2D eigenvalue weighted by atomic mass is 16.5. The van der Waals surface area contributed by atoms with Crippen molar-refractivity contribution in [3.8, 4) is 17.4 Å². The van der Waals surface area contributed by atoms with Gasteiger partial charge in [0.1, 0.15) is 5.75 Å². The molecule has 3 aromatic rings. The Morgan fingerprint density at radius 2 is 2.08 bits per heavy atom. The number of Topliss-reactive ketones (excluding diaryl/α,β-unsaturated/α-hetero) is 1. The highest BCUT2D eigenvalue weighted by molar-refractivity contribution is 5.96. The Balaban J connectivity index is 1.65. The monoisotopic (exact) mass is 324 g/mol. The fraction of sp³-hybridized carbons (Fsp3) is 0.188. The minimum Gasteiger partial charge on any atom is -0.493 e. The molecule has 2 aromatic heterocycles. The molecule has 1 aliphatic rings. The van der Waals surface area contributed by atoms with Crippen LogP contribution < -0.4 is 10.5 Å². The van der Waals surface area contributed by atoms with Gasteiger partial charge in [0.25, 0.3) is 0 Å². The van der Waals surface area contributed by atoms with Gasteiger partial charge in [0, 0.05) is 24.4 Å². The summed E-state index contributed by atoms with van der Waals surface area (Å²) in [6, 6.07) is 6.89. The molecule has 8 heteroatoms. The molecule has 0 spiro atoms. The van der Waals surface area contributed by atoms with Crippen LogP contribution in [0, 0.1) is 0 Å². The van der Waals surface area contributed by atoms with Crippen molar-refractivity contribution in [3.05, 3.63) is 58.3 Å². The van der Waals surface area contributed by atoms with Crippen LogP contribution in [0.25, 0.3) is 11.6 Å². The number of rotatable bonds is 4. The van der Waals surface area contributed by atoms with Crippen LogP contribution >= 0.6 is 0 Å². The van der Waals surface area contributed by atoms with E-state index in [0.29, 0.717) is 12.2 Å². The standard InChI is InChI=1S/C16H12N4O4/c21-12(10-2-3-13-11(8-10)4-7-23-13)9-20-15(19-24-16(20)22)14-17-5-1-6-18-14/h1-3,5-6,8H,4,7,9H2. The number of benzene rings is 1. The SMILES string of the molecule is O=C(Cn1c(-c2ncccn2)noc1=O)c1ccc2c(c1)CCO2. The van der Waals surface area contributed by atoms with Gasteiger partial charge in [-0.3, -0.25) is 9.32 Å². The molecule has 4 rings (SSSR count).